The fourth-order valence-corrected chi connectivity index (χ4v) is 1.57. The van der Waals surface area contributed by atoms with Gasteiger partial charge in [0.25, 0.3) is 0 Å². The Bertz CT molecular complexity index is 401. The van der Waals surface area contributed by atoms with E-state index >= 15 is 0 Å². The summed E-state index contributed by atoms with van der Waals surface area (Å²) < 4.78 is 16.0. The number of hydrogen-bond acceptors (Lipinski definition) is 4. The smallest absolute Gasteiger partial charge is 0.306 e. The molecule has 0 heterocycles. The van der Waals surface area contributed by atoms with Crippen LogP contribution in [0.2, 0.25) is 0 Å². The SMILES string of the molecule is CCCOc1ccc(COC(=O)CCC)cc1OC. The normalized spacial score (nSPS) is 10.1. The van der Waals surface area contributed by atoms with Crippen molar-refractivity contribution in [3.8, 4) is 11.5 Å². The van der Waals surface area contributed by atoms with E-state index in [-0.39, 0.29) is 12.6 Å². The van der Waals surface area contributed by atoms with Gasteiger partial charge < -0.3 is 14.2 Å². The number of esters is 1. The lowest BCUT2D eigenvalue weighted by molar-refractivity contribution is -0.144. The lowest BCUT2D eigenvalue weighted by Gasteiger charge is -2.11. The third kappa shape index (κ3) is 5.20. The summed E-state index contributed by atoms with van der Waals surface area (Å²) in [6.07, 6.45) is 2.19. The minimum absolute atomic E-state index is 0.173. The number of rotatable bonds is 8. The van der Waals surface area contributed by atoms with E-state index in [0.29, 0.717) is 24.5 Å². The molecular weight excluding hydrogens is 244 g/mol. The van der Waals surface area contributed by atoms with Crippen molar-refractivity contribution in [2.75, 3.05) is 13.7 Å². The highest BCUT2D eigenvalue weighted by molar-refractivity contribution is 5.69. The molecule has 0 N–H and O–H groups in total. The standard InChI is InChI=1S/C15H22O4/c1-4-6-15(16)19-11-12-7-8-13(18-9-5-2)14(10-12)17-3/h7-8,10H,4-6,9,11H2,1-3H3. The summed E-state index contributed by atoms with van der Waals surface area (Å²) in [6.45, 7) is 4.92. The number of carbonyl (C=O) groups excluding carboxylic acids is 1. The molecule has 0 fully saturated rings. The molecule has 106 valence electrons. The predicted octanol–water partition coefficient (Wildman–Crippen LogP) is 3.33. The van der Waals surface area contributed by atoms with Gasteiger partial charge in [0.1, 0.15) is 6.61 Å². The second-order valence-electron chi connectivity index (χ2n) is 4.24. The zero-order valence-electron chi connectivity index (χ0n) is 11.9. The number of ether oxygens (including phenoxy) is 3. The number of benzene rings is 1. The highest BCUT2D eigenvalue weighted by atomic mass is 16.5. The van der Waals surface area contributed by atoms with E-state index in [9.17, 15) is 4.79 Å². The van der Waals surface area contributed by atoms with Gasteiger partial charge in [-0.05, 0) is 30.5 Å². The van der Waals surface area contributed by atoms with Crippen molar-refractivity contribution in [1.82, 2.24) is 0 Å². The Balaban J connectivity index is 2.63. The van der Waals surface area contributed by atoms with Gasteiger partial charge in [-0.15, -0.1) is 0 Å². The lowest BCUT2D eigenvalue weighted by atomic mass is 10.2. The molecule has 0 atom stereocenters. The van der Waals surface area contributed by atoms with E-state index in [0.717, 1.165) is 18.4 Å². The molecule has 1 aromatic carbocycles. The number of hydrogen-bond donors (Lipinski definition) is 0. The Morgan fingerprint density at radius 2 is 1.95 bits per heavy atom. The molecule has 0 amide bonds. The molecule has 1 rings (SSSR count). The number of methoxy groups -OCH3 is 1. The van der Waals surface area contributed by atoms with Gasteiger partial charge in [0.05, 0.1) is 13.7 Å². The van der Waals surface area contributed by atoms with Gasteiger partial charge >= 0.3 is 5.97 Å². The molecule has 0 unspecified atom stereocenters. The van der Waals surface area contributed by atoms with Crippen LogP contribution in [0, 0.1) is 0 Å². The molecule has 0 bridgehead atoms. The van der Waals surface area contributed by atoms with E-state index in [1.807, 2.05) is 32.0 Å². The van der Waals surface area contributed by atoms with Gasteiger partial charge in [-0.25, -0.2) is 0 Å². The Morgan fingerprint density at radius 3 is 2.58 bits per heavy atom. The zero-order valence-corrected chi connectivity index (χ0v) is 11.9. The second-order valence-corrected chi connectivity index (χ2v) is 4.24. The predicted molar refractivity (Wildman–Crippen MR) is 73.5 cm³/mol. The van der Waals surface area contributed by atoms with Gasteiger partial charge in [0.2, 0.25) is 0 Å². The van der Waals surface area contributed by atoms with Crippen LogP contribution in [-0.4, -0.2) is 19.7 Å². The van der Waals surface area contributed by atoms with Crippen molar-refractivity contribution in [3.05, 3.63) is 23.8 Å². The molecule has 0 aliphatic heterocycles. The van der Waals surface area contributed by atoms with Crippen LogP contribution in [-0.2, 0) is 16.1 Å². The molecule has 4 heteroatoms. The van der Waals surface area contributed by atoms with Gasteiger partial charge in [-0.1, -0.05) is 19.9 Å². The van der Waals surface area contributed by atoms with E-state index < -0.39 is 0 Å². The molecule has 0 aromatic heterocycles. The second kappa shape index (κ2) is 8.40. The maximum absolute atomic E-state index is 11.3. The molecule has 0 aliphatic rings. The van der Waals surface area contributed by atoms with Crippen molar-refractivity contribution in [2.45, 2.75) is 39.7 Å². The quantitative estimate of drug-likeness (QED) is 0.677. The van der Waals surface area contributed by atoms with Gasteiger partial charge in [-0.3, -0.25) is 4.79 Å². The molecule has 4 nitrogen and oxygen atoms in total. The molecule has 1 aromatic rings. The largest absolute Gasteiger partial charge is 0.493 e. The van der Waals surface area contributed by atoms with Crippen LogP contribution >= 0.6 is 0 Å². The van der Waals surface area contributed by atoms with E-state index in [4.69, 9.17) is 14.2 Å². The fourth-order valence-electron chi connectivity index (χ4n) is 1.57. The third-order valence-corrected chi connectivity index (χ3v) is 2.54. The summed E-state index contributed by atoms with van der Waals surface area (Å²) in [5.41, 5.74) is 0.894. The Hall–Kier alpha value is -1.71. The highest BCUT2D eigenvalue weighted by Gasteiger charge is 2.07. The fraction of sp³-hybridized carbons (Fsp3) is 0.533. The van der Waals surface area contributed by atoms with Gasteiger partial charge in [-0.2, -0.15) is 0 Å². The summed E-state index contributed by atoms with van der Waals surface area (Å²) >= 11 is 0. The Morgan fingerprint density at radius 1 is 1.16 bits per heavy atom. The maximum atomic E-state index is 11.3. The maximum Gasteiger partial charge on any atom is 0.306 e. The first-order chi connectivity index (χ1) is 9.21. The van der Waals surface area contributed by atoms with Crippen molar-refractivity contribution in [3.63, 3.8) is 0 Å². The molecule has 0 saturated heterocycles. The molecule has 19 heavy (non-hydrogen) atoms. The summed E-state index contributed by atoms with van der Waals surface area (Å²) in [6, 6.07) is 5.56. The van der Waals surface area contributed by atoms with Crippen LogP contribution in [0.15, 0.2) is 18.2 Å². The number of carbonyl (C=O) groups is 1. The van der Waals surface area contributed by atoms with Crippen LogP contribution in [0.1, 0.15) is 38.7 Å². The lowest BCUT2D eigenvalue weighted by Crippen LogP contribution is -2.04. The summed E-state index contributed by atoms with van der Waals surface area (Å²) in [4.78, 5) is 11.3. The van der Waals surface area contributed by atoms with Crippen LogP contribution < -0.4 is 9.47 Å². The third-order valence-electron chi connectivity index (χ3n) is 2.54. The van der Waals surface area contributed by atoms with Crippen molar-refractivity contribution in [1.29, 1.82) is 0 Å². The van der Waals surface area contributed by atoms with Crippen LogP contribution in [0.3, 0.4) is 0 Å². The summed E-state index contributed by atoms with van der Waals surface area (Å²) in [5.74, 6) is 1.21. The topological polar surface area (TPSA) is 44.8 Å². The monoisotopic (exact) mass is 266 g/mol. The molecule has 0 saturated carbocycles. The van der Waals surface area contributed by atoms with Gasteiger partial charge in [0, 0.05) is 6.42 Å². The summed E-state index contributed by atoms with van der Waals surface area (Å²) in [5, 5.41) is 0. The van der Waals surface area contributed by atoms with Crippen LogP contribution in [0.25, 0.3) is 0 Å². The zero-order chi connectivity index (χ0) is 14.1. The summed E-state index contributed by atoms with van der Waals surface area (Å²) in [7, 11) is 1.60. The molecule has 0 radical (unpaired) electrons. The average molecular weight is 266 g/mol. The average Bonchev–Trinajstić information content (AvgIpc) is 2.43. The van der Waals surface area contributed by atoms with Crippen molar-refractivity contribution >= 4 is 5.97 Å². The molecule has 0 aliphatic carbocycles. The van der Waals surface area contributed by atoms with Crippen molar-refractivity contribution in [2.24, 2.45) is 0 Å². The minimum Gasteiger partial charge on any atom is -0.493 e. The van der Waals surface area contributed by atoms with E-state index in [1.54, 1.807) is 7.11 Å². The Labute approximate surface area is 114 Å². The van der Waals surface area contributed by atoms with Crippen LogP contribution in [0.4, 0.5) is 0 Å². The Kier molecular flexibility index (Phi) is 6.79. The highest BCUT2D eigenvalue weighted by Crippen LogP contribution is 2.28. The van der Waals surface area contributed by atoms with Crippen molar-refractivity contribution < 1.29 is 19.0 Å². The van der Waals surface area contributed by atoms with E-state index in [1.165, 1.54) is 0 Å². The van der Waals surface area contributed by atoms with Gasteiger partial charge in [0.15, 0.2) is 11.5 Å². The first-order valence-electron chi connectivity index (χ1n) is 6.66. The van der Waals surface area contributed by atoms with E-state index in [2.05, 4.69) is 0 Å². The minimum atomic E-state index is -0.173. The first-order valence-corrected chi connectivity index (χ1v) is 6.66. The van der Waals surface area contributed by atoms with Crippen LogP contribution in [0.5, 0.6) is 11.5 Å². The molecular formula is C15H22O4. The molecule has 0 spiro atoms. The first kappa shape index (κ1) is 15.3.